The van der Waals surface area contributed by atoms with E-state index in [-0.39, 0.29) is 5.41 Å². The van der Waals surface area contributed by atoms with E-state index in [9.17, 15) is 0 Å². The number of aromatic nitrogens is 4. The lowest BCUT2D eigenvalue weighted by molar-refractivity contribution is 0.353. The van der Waals surface area contributed by atoms with Gasteiger partial charge in [0.2, 0.25) is 0 Å². The SMILES string of the molecule is c1ccc(-c2nc(-c3cc4c(cn3)-c3ccccc3C43CCCCC3)nc(-c3cccc4c3Cc3c(-c5ccccc5)cccc3-4)n2)cc1. The zero-order valence-corrected chi connectivity index (χ0v) is 27.2. The highest BCUT2D eigenvalue weighted by molar-refractivity contribution is 5.89. The fourth-order valence-corrected chi connectivity index (χ4v) is 8.82. The summed E-state index contributed by atoms with van der Waals surface area (Å²) in [5, 5.41) is 0. The van der Waals surface area contributed by atoms with E-state index in [1.807, 2.05) is 18.2 Å². The molecule has 4 heteroatoms. The molecule has 0 bridgehead atoms. The average Bonchev–Trinajstić information content (AvgIpc) is 3.69. The maximum atomic E-state index is 5.24. The summed E-state index contributed by atoms with van der Waals surface area (Å²) in [5.41, 5.74) is 15.9. The van der Waals surface area contributed by atoms with Gasteiger partial charge in [-0.05, 0) is 69.0 Å². The maximum Gasteiger partial charge on any atom is 0.182 e. The number of hydrogen-bond donors (Lipinski definition) is 0. The summed E-state index contributed by atoms with van der Waals surface area (Å²) in [5.74, 6) is 1.97. The Morgan fingerprint density at radius 3 is 1.80 bits per heavy atom. The molecule has 49 heavy (non-hydrogen) atoms. The van der Waals surface area contributed by atoms with E-state index in [2.05, 4.69) is 115 Å². The number of benzene rings is 5. The molecule has 0 saturated heterocycles. The van der Waals surface area contributed by atoms with E-state index in [1.54, 1.807) is 0 Å². The topological polar surface area (TPSA) is 51.6 Å². The molecule has 0 N–H and O–H groups in total. The zero-order valence-electron chi connectivity index (χ0n) is 27.2. The quantitative estimate of drug-likeness (QED) is 0.194. The second-order valence-electron chi connectivity index (χ2n) is 13.7. The largest absolute Gasteiger partial charge is 0.252 e. The van der Waals surface area contributed by atoms with Gasteiger partial charge in [0, 0.05) is 34.7 Å². The summed E-state index contributed by atoms with van der Waals surface area (Å²) in [6.07, 6.45) is 9.01. The Balaban J connectivity index is 1.14. The van der Waals surface area contributed by atoms with Gasteiger partial charge in [0.25, 0.3) is 0 Å². The number of nitrogens with zero attached hydrogens (tertiary/aromatic N) is 4. The molecule has 0 amide bonds. The minimum absolute atomic E-state index is 0.0302. The van der Waals surface area contributed by atoms with E-state index in [0.717, 1.165) is 23.2 Å². The summed E-state index contributed by atoms with van der Waals surface area (Å²) >= 11 is 0. The third kappa shape index (κ3) is 4.44. The molecule has 1 saturated carbocycles. The fraction of sp³-hybridized carbons (Fsp3) is 0.156. The summed E-state index contributed by atoms with van der Waals surface area (Å²) < 4.78 is 0. The molecule has 2 heterocycles. The van der Waals surface area contributed by atoms with Crippen LogP contribution in [-0.4, -0.2) is 19.9 Å². The van der Waals surface area contributed by atoms with Crippen LogP contribution in [0.15, 0.2) is 134 Å². The molecule has 10 rings (SSSR count). The van der Waals surface area contributed by atoms with Gasteiger partial charge in [0.15, 0.2) is 17.5 Å². The second-order valence-corrected chi connectivity index (χ2v) is 13.7. The first kappa shape index (κ1) is 28.3. The molecule has 0 aliphatic heterocycles. The van der Waals surface area contributed by atoms with Crippen molar-refractivity contribution in [1.29, 1.82) is 0 Å². The Morgan fingerprint density at radius 1 is 0.429 bits per heavy atom. The van der Waals surface area contributed by atoms with E-state index in [0.29, 0.717) is 17.5 Å². The van der Waals surface area contributed by atoms with Crippen molar-refractivity contribution in [3.8, 4) is 67.7 Å². The van der Waals surface area contributed by atoms with Crippen molar-refractivity contribution in [2.75, 3.05) is 0 Å². The number of pyridine rings is 1. The Bertz CT molecular complexity index is 2390. The monoisotopic (exact) mass is 630 g/mol. The fourth-order valence-electron chi connectivity index (χ4n) is 8.82. The molecule has 4 nitrogen and oxygen atoms in total. The summed E-state index contributed by atoms with van der Waals surface area (Å²) in [7, 11) is 0. The number of hydrogen-bond acceptors (Lipinski definition) is 4. The number of rotatable bonds is 4. The van der Waals surface area contributed by atoms with Crippen molar-refractivity contribution in [3.05, 3.63) is 156 Å². The normalized spacial score (nSPS) is 15.0. The van der Waals surface area contributed by atoms with Crippen LogP contribution in [0, 0.1) is 0 Å². The van der Waals surface area contributed by atoms with Crippen LogP contribution in [0.1, 0.15) is 54.4 Å². The van der Waals surface area contributed by atoms with Crippen LogP contribution in [0.4, 0.5) is 0 Å². The standard InChI is InChI=1S/C45H34N4/c1-4-14-29(15-5-1)31-19-12-20-32-33-21-13-22-35(37(33)26-36(31)32)43-47-42(30-16-6-2-7-17-30)48-44(49-43)41-27-40-38(28-46-41)34-18-8-9-23-39(34)45(40)24-10-3-11-25-45/h1-2,4-9,12-23,27-28H,3,10-11,24-26H2. The van der Waals surface area contributed by atoms with Gasteiger partial charge in [0.1, 0.15) is 5.69 Å². The van der Waals surface area contributed by atoms with Gasteiger partial charge in [-0.15, -0.1) is 0 Å². The highest BCUT2D eigenvalue weighted by Gasteiger charge is 2.44. The van der Waals surface area contributed by atoms with Gasteiger partial charge in [-0.2, -0.15) is 0 Å². The van der Waals surface area contributed by atoms with Crippen molar-refractivity contribution in [2.24, 2.45) is 0 Å². The van der Waals surface area contributed by atoms with E-state index in [1.165, 1.54) is 87.7 Å². The first-order valence-corrected chi connectivity index (χ1v) is 17.5. The molecule has 7 aromatic rings. The minimum Gasteiger partial charge on any atom is -0.252 e. The first-order valence-electron chi connectivity index (χ1n) is 17.5. The van der Waals surface area contributed by atoms with Crippen molar-refractivity contribution in [1.82, 2.24) is 19.9 Å². The Labute approximate surface area is 286 Å². The Hall–Kier alpha value is -5.74. The van der Waals surface area contributed by atoms with Crippen LogP contribution in [-0.2, 0) is 11.8 Å². The third-order valence-corrected chi connectivity index (χ3v) is 11.1. The molecule has 234 valence electrons. The van der Waals surface area contributed by atoms with Crippen molar-refractivity contribution in [2.45, 2.75) is 43.9 Å². The molecule has 5 aromatic carbocycles. The van der Waals surface area contributed by atoms with Crippen molar-refractivity contribution >= 4 is 0 Å². The van der Waals surface area contributed by atoms with Crippen LogP contribution >= 0.6 is 0 Å². The smallest absolute Gasteiger partial charge is 0.182 e. The molecule has 0 unspecified atom stereocenters. The molecular formula is C45H34N4. The van der Waals surface area contributed by atoms with Crippen LogP contribution < -0.4 is 0 Å². The number of fused-ring (bicyclic) bond motifs is 8. The Kier molecular flexibility index (Phi) is 6.45. The maximum absolute atomic E-state index is 5.24. The van der Waals surface area contributed by atoms with Crippen LogP contribution in [0.5, 0.6) is 0 Å². The van der Waals surface area contributed by atoms with Gasteiger partial charge in [-0.3, -0.25) is 4.98 Å². The van der Waals surface area contributed by atoms with Crippen LogP contribution in [0.25, 0.3) is 67.7 Å². The first-order chi connectivity index (χ1) is 24.3. The van der Waals surface area contributed by atoms with Gasteiger partial charge in [0.05, 0.1) is 0 Å². The van der Waals surface area contributed by atoms with Gasteiger partial charge < -0.3 is 0 Å². The van der Waals surface area contributed by atoms with Crippen molar-refractivity contribution in [3.63, 3.8) is 0 Å². The average molecular weight is 631 g/mol. The lowest BCUT2D eigenvalue weighted by Crippen LogP contribution is -2.28. The molecule has 3 aliphatic carbocycles. The van der Waals surface area contributed by atoms with Gasteiger partial charge >= 0.3 is 0 Å². The summed E-state index contributed by atoms with van der Waals surface area (Å²) in [6, 6.07) is 45.4. The van der Waals surface area contributed by atoms with E-state index >= 15 is 0 Å². The molecule has 2 aromatic heterocycles. The lowest BCUT2D eigenvalue weighted by Gasteiger charge is -2.36. The summed E-state index contributed by atoms with van der Waals surface area (Å²) in [6.45, 7) is 0. The molecule has 1 spiro atoms. The second kappa shape index (κ2) is 11.2. The summed E-state index contributed by atoms with van der Waals surface area (Å²) in [4.78, 5) is 20.6. The lowest BCUT2D eigenvalue weighted by atomic mass is 9.68. The highest BCUT2D eigenvalue weighted by atomic mass is 15.0. The van der Waals surface area contributed by atoms with Crippen LogP contribution in [0.2, 0.25) is 0 Å². The van der Waals surface area contributed by atoms with Crippen molar-refractivity contribution < 1.29 is 0 Å². The Morgan fingerprint density at radius 2 is 1.02 bits per heavy atom. The van der Waals surface area contributed by atoms with E-state index in [4.69, 9.17) is 19.9 Å². The van der Waals surface area contributed by atoms with E-state index < -0.39 is 0 Å². The molecular weight excluding hydrogens is 597 g/mol. The predicted octanol–water partition coefficient (Wildman–Crippen LogP) is 10.7. The molecule has 0 radical (unpaired) electrons. The van der Waals surface area contributed by atoms with Gasteiger partial charge in [-0.25, -0.2) is 15.0 Å². The molecule has 1 fully saturated rings. The minimum atomic E-state index is 0.0302. The van der Waals surface area contributed by atoms with Crippen LogP contribution in [0.3, 0.4) is 0 Å². The predicted molar refractivity (Wildman–Crippen MR) is 197 cm³/mol. The third-order valence-electron chi connectivity index (χ3n) is 11.1. The molecule has 3 aliphatic rings. The zero-order chi connectivity index (χ0) is 32.4. The molecule has 0 atom stereocenters. The van der Waals surface area contributed by atoms with Gasteiger partial charge in [-0.1, -0.05) is 141 Å². The highest BCUT2D eigenvalue weighted by Crippen LogP contribution is 2.56.